The molecule has 0 saturated heterocycles. The lowest BCUT2D eigenvalue weighted by molar-refractivity contribution is -0.384. The van der Waals surface area contributed by atoms with Gasteiger partial charge in [-0.05, 0) is 61.2 Å². The number of aryl methyl sites for hydroxylation is 1. The number of hydrogen-bond acceptors (Lipinski definition) is 8. The van der Waals surface area contributed by atoms with Crippen LogP contribution in [-0.4, -0.2) is 45.1 Å². The van der Waals surface area contributed by atoms with Crippen LogP contribution >= 0.6 is 0 Å². The van der Waals surface area contributed by atoms with E-state index < -0.39 is 22.6 Å². The molecule has 0 aliphatic rings. The molecule has 3 aromatic carbocycles. The van der Waals surface area contributed by atoms with Gasteiger partial charge >= 0.3 is 5.97 Å². The molecule has 11 nitrogen and oxygen atoms in total. The number of nitrogens with zero attached hydrogens (tertiary/aromatic N) is 4. The van der Waals surface area contributed by atoms with Gasteiger partial charge in [-0.2, -0.15) is 9.78 Å². The average Bonchev–Trinajstić information content (AvgIpc) is 2.92. The molecule has 0 unspecified atom stereocenters. The number of nitro groups is 1. The number of carbonyl (C=O) groups is 1. The van der Waals surface area contributed by atoms with Gasteiger partial charge in [0, 0.05) is 23.3 Å². The van der Waals surface area contributed by atoms with E-state index in [0.717, 1.165) is 15.8 Å². The van der Waals surface area contributed by atoms with E-state index in [4.69, 9.17) is 14.5 Å². The Morgan fingerprint density at radius 1 is 1.12 bits per heavy atom. The largest absolute Gasteiger partial charge is 0.496 e. The summed E-state index contributed by atoms with van der Waals surface area (Å²) >= 11 is 0. The molecule has 0 radical (unpaired) electrons. The number of methoxy groups -OCH3 is 1. The molecule has 40 heavy (non-hydrogen) atoms. The fourth-order valence-electron chi connectivity index (χ4n) is 4.19. The van der Waals surface area contributed by atoms with E-state index in [2.05, 4.69) is 5.10 Å². The number of carboxylic acid groups (broad SMARTS) is 1. The first-order chi connectivity index (χ1) is 19.0. The van der Waals surface area contributed by atoms with Crippen LogP contribution in [0.25, 0.3) is 22.3 Å². The topological polar surface area (TPSA) is 146 Å². The van der Waals surface area contributed by atoms with E-state index >= 15 is 0 Å². The summed E-state index contributed by atoms with van der Waals surface area (Å²) in [5.41, 5.74) is 2.24. The first kappa shape index (κ1) is 28.0. The van der Waals surface area contributed by atoms with E-state index in [-0.39, 0.29) is 28.7 Å². The molecular formula is C29H28N4O7. The second-order valence-corrected chi connectivity index (χ2v) is 9.46. The number of rotatable bonds is 9. The second-order valence-electron chi connectivity index (χ2n) is 9.46. The Bertz CT molecular complexity index is 1710. The van der Waals surface area contributed by atoms with Gasteiger partial charge in [-0.1, -0.05) is 26.0 Å². The standard InChI is InChI=1S/C29H28N4O7/c1-16(2)22-14-23(17(3)12-26(22)39-5)27-31-24-9-7-6-8-21(24)28(34)32(27)30-15-19-13-20(33(37)38)10-11-25(19)40-18(4)29(35)36/h6-16,18H,1-5H3,(H,35,36)/t18-/m1/s1. The number of aromatic nitrogens is 2. The Balaban J connectivity index is 1.97. The number of non-ortho nitro benzene ring substituents is 1. The predicted molar refractivity (Wildman–Crippen MR) is 151 cm³/mol. The zero-order chi connectivity index (χ0) is 29.1. The van der Waals surface area contributed by atoms with Gasteiger partial charge in [-0.3, -0.25) is 14.9 Å². The second kappa shape index (κ2) is 11.4. The van der Waals surface area contributed by atoms with Crippen molar-refractivity contribution in [3.8, 4) is 22.9 Å². The van der Waals surface area contributed by atoms with Crippen LogP contribution < -0.4 is 15.0 Å². The molecule has 11 heteroatoms. The average molecular weight is 545 g/mol. The van der Waals surface area contributed by atoms with Gasteiger partial charge in [0.25, 0.3) is 11.2 Å². The number of nitro benzene ring substituents is 1. The van der Waals surface area contributed by atoms with Crippen LogP contribution in [0.4, 0.5) is 5.69 Å². The van der Waals surface area contributed by atoms with Crippen LogP contribution in [0.2, 0.25) is 0 Å². The molecule has 1 aromatic heterocycles. The van der Waals surface area contributed by atoms with E-state index in [1.807, 2.05) is 32.9 Å². The van der Waals surface area contributed by atoms with E-state index in [1.165, 1.54) is 31.3 Å². The minimum atomic E-state index is -1.23. The Kier molecular flexibility index (Phi) is 7.94. The summed E-state index contributed by atoms with van der Waals surface area (Å²) in [5, 5.41) is 25.5. The molecule has 206 valence electrons. The summed E-state index contributed by atoms with van der Waals surface area (Å²) in [7, 11) is 1.60. The predicted octanol–water partition coefficient (Wildman–Crippen LogP) is 5.15. The van der Waals surface area contributed by atoms with Gasteiger partial charge < -0.3 is 14.6 Å². The summed E-state index contributed by atoms with van der Waals surface area (Å²) in [6, 6.07) is 14.3. The molecule has 0 fully saturated rings. The highest BCUT2D eigenvalue weighted by molar-refractivity contribution is 5.86. The minimum Gasteiger partial charge on any atom is -0.496 e. The fourth-order valence-corrected chi connectivity index (χ4v) is 4.19. The summed E-state index contributed by atoms with van der Waals surface area (Å²) in [4.78, 5) is 40.7. The maximum absolute atomic E-state index is 13.7. The summed E-state index contributed by atoms with van der Waals surface area (Å²) < 4.78 is 12.2. The Morgan fingerprint density at radius 2 is 1.85 bits per heavy atom. The molecule has 1 atom stereocenters. The third kappa shape index (κ3) is 5.53. The molecule has 4 aromatic rings. The normalized spacial score (nSPS) is 12.2. The summed E-state index contributed by atoms with van der Waals surface area (Å²) in [6.07, 6.45) is -0.00821. The van der Waals surface area contributed by atoms with Crippen LogP contribution in [-0.2, 0) is 4.79 Å². The monoisotopic (exact) mass is 544 g/mol. The lowest BCUT2D eigenvalue weighted by atomic mass is 9.96. The summed E-state index contributed by atoms with van der Waals surface area (Å²) in [6.45, 7) is 7.26. The smallest absolute Gasteiger partial charge is 0.344 e. The third-order valence-corrected chi connectivity index (χ3v) is 6.36. The Hall–Kier alpha value is -5.06. The van der Waals surface area contributed by atoms with Crippen molar-refractivity contribution < 1.29 is 24.3 Å². The van der Waals surface area contributed by atoms with Gasteiger partial charge in [0.15, 0.2) is 11.9 Å². The zero-order valence-corrected chi connectivity index (χ0v) is 22.6. The highest BCUT2D eigenvalue weighted by Gasteiger charge is 2.20. The number of hydrogen-bond donors (Lipinski definition) is 1. The Morgan fingerprint density at radius 3 is 2.50 bits per heavy atom. The molecule has 0 amide bonds. The van der Waals surface area contributed by atoms with Gasteiger partial charge in [0.1, 0.15) is 11.5 Å². The van der Waals surface area contributed by atoms with Crippen molar-refractivity contribution in [1.29, 1.82) is 0 Å². The van der Waals surface area contributed by atoms with Crippen molar-refractivity contribution in [3.05, 3.63) is 91.8 Å². The first-order valence-electron chi connectivity index (χ1n) is 12.4. The van der Waals surface area contributed by atoms with Crippen LogP contribution in [0.1, 0.15) is 43.4 Å². The highest BCUT2D eigenvalue weighted by Crippen LogP contribution is 2.34. The van der Waals surface area contributed by atoms with Crippen LogP contribution in [0.5, 0.6) is 11.5 Å². The maximum atomic E-state index is 13.7. The molecule has 0 aliphatic heterocycles. The van der Waals surface area contributed by atoms with E-state index in [0.29, 0.717) is 22.2 Å². The number of benzene rings is 3. The van der Waals surface area contributed by atoms with Crippen LogP contribution in [0, 0.1) is 17.0 Å². The van der Waals surface area contributed by atoms with E-state index in [9.17, 15) is 24.8 Å². The van der Waals surface area contributed by atoms with Gasteiger partial charge in [0.05, 0.1) is 29.2 Å². The number of ether oxygens (including phenoxy) is 2. The van der Waals surface area contributed by atoms with Crippen molar-refractivity contribution in [2.45, 2.75) is 39.7 Å². The quantitative estimate of drug-likeness (QED) is 0.173. The zero-order valence-electron chi connectivity index (χ0n) is 22.6. The SMILES string of the molecule is COc1cc(C)c(-c2nc3ccccc3c(=O)n2N=Cc2cc([N+](=O)[O-])ccc2O[C@H](C)C(=O)O)cc1C(C)C. The number of para-hydroxylation sites is 1. The van der Waals surface area contributed by atoms with Crippen LogP contribution in [0.15, 0.2) is 64.5 Å². The number of fused-ring (bicyclic) bond motifs is 1. The molecule has 1 heterocycles. The molecule has 4 rings (SSSR count). The molecular weight excluding hydrogens is 516 g/mol. The van der Waals surface area contributed by atoms with Crippen molar-refractivity contribution in [2.75, 3.05) is 7.11 Å². The molecule has 0 spiro atoms. The van der Waals surface area contributed by atoms with Crippen molar-refractivity contribution >= 4 is 28.8 Å². The number of carboxylic acids is 1. The van der Waals surface area contributed by atoms with Crippen molar-refractivity contribution in [3.63, 3.8) is 0 Å². The van der Waals surface area contributed by atoms with Gasteiger partial charge in [-0.25, -0.2) is 9.78 Å². The summed E-state index contributed by atoms with van der Waals surface area (Å²) in [5.74, 6) is -0.0851. The highest BCUT2D eigenvalue weighted by atomic mass is 16.6. The Labute approximate surface area is 229 Å². The van der Waals surface area contributed by atoms with Crippen molar-refractivity contribution in [2.24, 2.45) is 5.10 Å². The molecule has 0 aliphatic carbocycles. The molecule has 1 N–H and O–H groups in total. The number of aliphatic carboxylic acids is 1. The maximum Gasteiger partial charge on any atom is 0.344 e. The van der Waals surface area contributed by atoms with Crippen molar-refractivity contribution in [1.82, 2.24) is 9.66 Å². The van der Waals surface area contributed by atoms with Gasteiger partial charge in [-0.15, -0.1) is 0 Å². The molecule has 0 bridgehead atoms. The molecule has 0 saturated carbocycles. The third-order valence-electron chi connectivity index (χ3n) is 6.36. The lowest BCUT2D eigenvalue weighted by Crippen LogP contribution is -2.23. The van der Waals surface area contributed by atoms with E-state index in [1.54, 1.807) is 31.4 Å². The first-order valence-corrected chi connectivity index (χ1v) is 12.4. The minimum absolute atomic E-state index is 0.0512. The van der Waals surface area contributed by atoms with Crippen LogP contribution in [0.3, 0.4) is 0 Å². The fraction of sp³-hybridized carbons (Fsp3) is 0.241. The van der Waals surface area contributed by atoms with Gasteiger partial charge in [0.2, 0.25) is 0 Å². The lowest BCUT2D eigenvalue weighted by Gasteiger charge is -2.17.